The molecule has 1 saturated heterocycles. The highest BCUT2D eigenvalue weighted by atomic mass is 16.8. The van der Waals surface area contributed by atoms with Crippen LogP contribution in [-0.2, 0) is 9.57 Å². The summed E-state index contributed by atoms with van der Waals surface area (Å²) in [5.41, 5.74) is 2.90. The molecular formula is C15H23N3O3. The molecule has 6 nitrogen and oxygen atoms in total. The van der Waals surface area contributed by atoms with E-state index in [-0.39, 0.29) is 12.2 Å². The van der Waals surface area contributed by atoms with Gasteiger partial charge in [-0.05, 0) is 38.8 Å². The second-order valence-corrected chi connectivity index (χ2v) is 4.92. The third-order valence-corrected chi connectivity index (χ3v) is 3.52. The molecule has 0 radical (unpaired) electrons. The Morgan fingerprint density at radius 3 is 2.81 bits per heavy atom. The van der Waals surface area contributed by atoms with Gasteiger partial charge in [-0.25, -0.2) is 15.3 Å². The van der Waals surface area contributed by atoms with Crippen molar-refractivity contribution >= 4 is 11.7 Å². The first-order valence-electron chi connectivity index (χ1n) is 7.53. The van der Waals surface area contributed by atoms with Gasteiger partial charge in [-0.2, -0.15) is 0 Å². The van der Waals surface area contributed by atoms with E-state index in [1.54, 1.807) is 12.3 Å². The van der Waals surface area contributed by atoms with Crippen molar-refractivity contribution < 1.29 is 14.4 Å². The molecule has 21 heavy (non-hydrogen) atoms. The van der Waals surface area contributed by atoms with Crippen LogP contribution in [0, 0.1) is 0 Å². The van der Waals surface area contributed by atoms with Crippen LogP contribution >= 0.6 is 0 Å². The molecule has 1 aliphatic heterocycles. The number of pyridine rings is 1. The summed E-state index contributed by atoms with van der Waals surface area (Å²) in [7, 11) is 0. The zero-order valence-electron chi connectivity index (χ0n) is 12.7. The second-order valence-electron chi connectivity index (χ2n) is 4.92. The van der Waals surface area contributed by atoms with Crippen molar-refractivity contribution in [2.75, 3.05) is 24.6 Å². The Balaban J connectivity index is 1.87. The maximum atomic E-state index is 12.0. The molecule has 2 heterocycles. The van der Waals surface area contributed by atoms with Gasteiger partial charge in [0.25, 0.3) is 5.91 Å². The molecule has 1 aliphatic rings. The predicted octanol–water partition coefficient (Wildman–Crippen LogP) is 2.12. The summed E-state index contributed by atoms with van der Waals surface area (Å²) < 4.78 is 5.38. The monoisotopic (exact) mass is 293 g/mol. The Morgan fingerprint density at radius 2 is 2.24 bits per heavy atom. The quantitative estimate of drug-likeness (QED) is 0.814. The zero-order valence-corrected chi connectivity index (χ0v) is 12.7. The highest BCUT2D eigenvalue weighted by molar-refractivity contribution is 5.93. The molecule has 0 bridgehead atoms. The van der Waals surface area contributed by atoms with Gasteiger partial charge in [-0.1, -0.05) is 0 Å². The predicted molar refractivity (Wildman–Crippen MR) is 79.9 cm³/mol. The average molecular weight is 293 g/mol. The standard InChI is InChI=1S/C15H23N3O3/c1-3-18(4-2)13-9-8-12(11-16-13)15(19)17-21-14-7-5-6-10-20-14/h8-9,11,14H,3-7,10H2,1-2H3,(H,17,19). The number of anilines is 1. The summed E-state index contributed by atoms with van der Waals surface area (Å²) in [5.74, 6) is 0.566. The van der Waals surface area contributed by atoms with E-state index in [1.807, 2.05) is 6.07 Å². The van der Waals surface area contributed by atoms with Gasteiger partial charge in [0.15, 0.2) is 6.29 Å². The van der Waals surface area contributed by atoms with Gasteiger partial charge < -0.3 is 9.64 Å². The van der Waals surface area contributed by atoms with Crippen molar-refractivity contribution in [3.05, 3.63) is 23.9 Å². The maximum absolute atomic E-state index is 12.0. The average Bonchev–Trinajstić information content (AvgIpc) is 2.55. The fraction of sp³-hybridized carbons (Fsp3) is 0.600. The Bertz CT molecular complexity index is 440. The van der Waals surface area contributed by atoms with Crippen molar-refractivity contribution in [1.82, 2.24) is 10.5 Å². The van der Waals surface area contributed by atoms with E-state index in [0.717, 1.165) is 38.2 Å². The van der Waals surface area contributed by atoms with E-state index in [2.05, 4.69) is 29.2 Å². The lowest BCUT2D eigenvalue weighted by molar-refractivity contribution is -0.186. The number of rotatable bonds is 6. The molecule has 6 heteroatoms. The van der Waals surface area contributed by atoms with Gasteiger partial charge in [-0.3, -0.25) is 4.79 Å². The first-order chi connectivity index (χ1) is 10.2. The van der Waals surface area contributed by atoms with Crippen LogP contribution in [0.15, 0.2) is 18.3 Å². The topological polar surface area (TPSA) is 63.7 Å². The number of hydrogen-bond acceptors (Lipinski definition) is 5. The van der Waals surface area contributed by atoms with Gasteiger partial charge in [0, 0.05) is 32.3 Å². The first kappa shape index (κ1) is 15.7. The van der Waals surface area contributed by atoms with Gasteiger partial charge in [-0.15, -0.1) is 0 Å². The van der Waals surface area contributed by atoms with Crippen LogP contribution in [0.3, 0.4) is 0 Å². The number of aromatic nitrogens is 1. The summed E-state index contributed by atoms with van der Waals surface area (Å²) in [6.07, 6.45) is 4.13. The number of amides is 1. The Morgan fingerprint density at radius 1 is 1.43 bits per heavy atom. The van der Waals surface area contributed by atoms with Crippen molar-refractivity contribution in [1.29, 1.82) is 0 Å². The van der Waals surface area contributed by atoms with Crippen LogP contribution in [-0.4, -0.2) is 36.9 Å². The molecule has 1 N–H and O–H groups in total. The van der Waals surface area contributed by atoms with Crippen molar-refractivity contribution in [3.8, 4) is 0 Å². The Kier molecular flexibility index (Phi) is 5.95. The van der Waals surface area contributed by atoms with Crippen molar-refractivity contribution in [3.63, 3.8) is 0 Å². The normalized spacial score (nSPS) is 18.3. The van der Waals surface area contributed by atoms with Crippen molar-refractivity contribution in [2.45, 2.75) is 39.4 Å². The molecule has 0 aliphatic carbocycles. The van der Waals surface area contributed by atoms with E-state index in [0.29, 0.717) is 12.2 Å². The van der Waals surface area contributed by atoms with Crippen LogP contribution in [0.25, 0.3) is 0 Å². The lowest BCUT2D eigenvalue weighted by Crippen LogP contribution is -2.33. The molecule has 1 aromatic heterocycles. The first-order valence-corrected chi connectivity index (χ1v) is 7.53. The van der Waals surface area contributed by atoms with E-state index in [9.17, 15) is 4.79 Å². The van der Waals surface area contributed by atoms with Gasteiger partial charge in [0.1, 0.15) is 5.82 Å². The number of nitrogens with zero attached hydrogens (tertiary/aromatic N) is 2. The molecule has 1 fully saturated rings. The molecule has 116 valence electrons. The summed E-state index contributed by atoms with van der Waals surface area (Å²) in [5, 5.41) is 0. The Labute approximate surface area is 125 Å². The SMILES string of the molecule is CCN(CC)c1ccc(C(=O)NOC2CCCCO2)cn1. The van der Waals surface area contributed by atoms with Crippen LogP contribution < -0.4 is 10.4 Å². The molecule has 1 aromatic rings. The molecule has 0 aromatic carbocycles. The minimum atomic E-state index is -0.342. The fourth-order valence-corrected chi connectivity index (χ4v) is 2.24. The van der Waals surface area contributed by atoms with Crippen LogP contribution in [0.4, 0.5) is 5.82 Å². The number of hydroxylamine groups is 1. The van der Waals surface area contributed by atoms with E-state index >= 15 is 0 Å². The molecule has 0 spiro atoms. The molecule has 0 saturated carbocycles. The molecule has 1 atom stereocenters. The summed E-state index contributed by atoms with van der Waals surface area (Å²) in [6.45, 7) is 6.60. The third-order valence-electron chi connectivity index (χ3n) is 3.52. The highest BCUT2D eigenvalue weighted by Crippen LogP contribution is 2.13. The fourth-order valence-electron chi connectivity index (χ4n) is 2.24. The number of hydrogen-bond donors (Lipinski definition) is 1. The second kappa shape index (κ2) is 7.95. The number of carbonyl (C=O) groups excluding carboxylic acids is 1. The highest BCUT2D eigenvalue weighted by Gasteiger charge is 2.16. The minimum absolute atomic E-state index is 0.303. The van der Waals surface area contributed by atoms with Crippen molar-refractivity contribution in [2.24, 2.45) is 0 Å². The summed E-state index contributed by atoms with van der Waals surface area (Å²) in [6, 6.07) is 3.60. The lowest BCUT2D eigenvalue weighted by atomic mass is 10.2. The van der Waals surface area contributed by atoms with Gasteiger partial charge in [0.05, 0.1) is 5.56 Å². The van der Waals surface area contributed by atoms with E-state index in [4.69, 9.17) is 9.57 Å². The Hall–Kier alpha value is -1.66. The molecule has 1 amide bonds. The van der Waals surface area contributed by atoms with E-state index in [1.165, 1.54) is 0 Å². The number of nitrogens with one attached hydrogen (secondary N) is 1. The summed E-state index contributed by atoms with van der Waals surface area (Å²) >= 11 is 0. The lowest BCUT2D eigenvalue weighted by Gasteiger charge is -2.22. The molecule has 2 rings (SSSR count). The minimum Gasteiger partial charge on any atom is -0.357 e. The molecular weight excluding hydrogens is 270 g/mol. The van der Waals surface area contributed by atoms with Crippen LogP contribution in [0.1, 0.15) is 43.5 Å². The van der Waals surface area contributed by atoms with E-state index < -0.39 is 0 Å². The van der Waals surface area contributed by atoms with Crippen LogP contribution in [0.2, 0.25) is 0 Å². The smallest absolute Gasteiger partial charge is 0.276 e. The maximum Gasteiger partial charge on any atom is 0.276 e. The largest absolute Gasteiger partial charge is 0.357 e. The third kappa shape index (κ3) is 4.41. The number of ether oxygens (including phenoxy) is 1. The van der Waals surface area contributed by atoms with Gasteiger partial charge >= 0.3 is 0 Å². The van der Waals surface area contributed by atoms with Gasteiger partial charge in [0.2, 0.25) is 0 Å². The summed E-state index contributed by atoms with van der Waals surface area (Å²) in [4.78, 5) is 23.7. The van der Waals surface area contributed by atoms with Crippen LogP contribution in [0.5, 0.6) is 0 Å². The number of carbonyl (C=O) groups is 1. The molecule has 1 unspecified atom stereocenters. The zero-order chi connectivity index (χ0) is 15.1.